The Hall–Kier alpha value is -3.40. The van der Waals surface area contributed by atoms with Gasteiger partial charge in [0, 0.05) is 24.0 Å². The molecule has 1 unspecified atom stereocenters. The molecule has 1 atom stereocenters. The van der Waals surface area contributed by atoms with E-state index in [2.05, 4.69) is 15.4 Å². The Bertz CT molecular complexity index is 929. The van der Waals surface area contributed by atoms with Gasteiger partial charge in [-0.15, -0.1) is 0 Å². The van der Waals surface area contributed by atoms with E-state index in [1.807, 2.05) is 0 Å². The van der Waals surface area contributed by atoms with Crippen LogP contribution in [-0.4, -0.2) is 46.7 Å². The van der Waals surface area contributed by atoms with Crippen molar-refractivity contribution in [2.75, 3.05) is 14.2 Å². The third kappa shape index (κ3) is 6.05. The zero-order chi connectivity index (χ0) is 23.2. The van der Waals surface area contributed by atoms with Crippen LogP contribution in [0.25, 0.3) is 0 Å². The summed E-state index contributed by atoms with van der Waals surface area (Å²) in [6.07, 6.45) is 2.24. The summed E-state index contributed by atoms with van der Waals surface area (Å²) in [4.78, 5) is 35.1. The fraction of sp³-hybridized carbons (Fsp3) is 0.429. The SMILES string of the molecule is COc1ccc(CN(C(=O)OC(C)(C)C)C(C)c2nccnc2C(=O)NN)c(OC)c1. The van der Waals surface area contributed by atoms with E-state index in [0.29, 0.717) is 11.5 Å². The Morgan fingerprint density at radius 2 is 1.84 bits per heavy atom. The highest BCUT2D eigenvalue weighted by Crippen LogP contribution is 2.30. The van der Waals surface area contributed by atoms with Crippen molar-refractivity contribution in [3.8, 4) is 11.5 Å². The van der Waals surface area contributed by atoms with E-state index < -0.39 is 23.6 Å². The van der Waals surface area contributed by atoms with Crippen molar-refractivity contribution in [2.45, 2.75) is 45.9 Å². The standard InChI is InChI=1S/C21H29N5O5/c1-13(17-18(19(27)25-22)24-10-9-23-17)26(20(28)31-21(2,3)4)12-14-7-8-15(29-5)11-16(14)30-6/h7-11,13H,12,22H2,1-6H3,(H,25,27). The van der Waals surface area contributed by atoms with Crippen molar-refractivity contribution in [1.29, 1.82) is 0 Å². The smallest absolute Gasteiger partial charge is 0.411 e. The number of ether oxygens (including phenoxy) is 3. The molecule has 0 spiro atoms. The largest absolute Gasteiger partial charge is 0.497 e. The van der Waals surface area contributed by atoms with Crippen LogP contribution in [0.3, 0.4) is 0 Å². The van der Waals surface area contributed by atoms with E-state index in [9.17, 15) is 9.59 Å². The molecule has 0 radical (unpaired) electrons. The lowest BCUT2D eigenvalue weighted by Gasteiger charge is -2.32. The van der Waals surface area contributed by atoms with Crippen LogP contribution >= 0.6 is 0 Å². The van der Waals surface area contributed by atoms with Crippen LogP contribution in [0.15, 0.2) is 30.6 Å². The number of nitrogens with one attached hydrogen (secondary N) is 1. The number of carbonyl (C=O) groups is 2. The maximum absolute atomic E-state index is 13.1. The summed E-state index contributed by atoms with van der Waals surface area (Å²) in [7, 11) is 3.09. The molecule has 2 amide bonds. The van der Waals surface area contributed by atoms with Crippen molar-refractivity contribution in [1.82, 2.24) is 20.3 Å². The quantitative estimate of drug-likeness (QED) is 0.389. The maximum atomic E-state index is 13.1. The van der Waals surface area contributed by atoms with Crippen molar-refractivity contribution in [2.24, 2.45) is 5.84 Å². The molecule has 1 aromatic heterocycles. The number of amides is 2. The molecule has 1 aromatic carbocycles. The molecule has 0 fully saturated rings. The first-order valence-corrected chi connectivity index (χ1v) is 9.63. The van der Waals surface area contributed by atoms with Gasteiger partial charge in [0.15, 0.2) is 5.69 Å². The van der Waals surface area contributed by atoms with Gasteiger partial charge in [0.05, 0.1) is 32.5 Å². The van der Waals surface area contributed by atoms with Gasteiger partial charge >= 0.3 is 6.09 Å². The first-order valence-electron chi connectivity index (χ1n) is 9.63. The summed E-state index contributed by atoms with van der Waals surface area (Å²) < 4.78 is 16.3. The number of carbonyl (C=O) groups excluding carboxylic acids is 2. The van der Waals surface area contributed by atoms with E-state index in [-0.39, 0.29) is 17.9 Å². The Kier molecular flexibility index (Phi) is 7.76. The lowest BCUT2D eigenvalue weighted by Crippen LogP contribution is -2.40. The molecular weight excluding hydrogens is 402 g/mol. The van der Waals surface area contributed by atoms with E-state index >= 15 is 0 Å². The fourth-order valence-electron chi connectivity index (χ4n) is 2.89. The molecule has 1 heterocycles. The average molecular weight is 431 g/mol. The van der Waals surface area contributed by atoms with Gasteiger partial charge in [-0.1, -0.05) is 0 Å². The Labute approximate surface area is 181 Å². The number of methoxy groups -OCH3 is 2. The molecule has 2 rings (SSSR count). The zero-order valence-electron chi connectivity index (χ0n) is 18.6. The molecule has 10 nitrogen and oxygen atoms in total. The number of aromatic nitrogens is 2. The van der Waals surface area contributed by atoms with Gasteiger partial charge in [-0.3, -0.25) is 20.1 Å². The number of hydrogen-bond acceptors (Lipinski definition) is 8. The summed E-state index contributed by atoms with van der Waals surface area (Å²) >= 11 is 0. The second-order valence-corrected chi connectivity index (χ2v) is 7.73. The summed E-state index contributed by atoms with van der Waals surface area (Å²) in [5.74, 6) is 5.83. The number of hydrazine groups is 1. The van der Waals surface area contributed by atoms with Crippen molar-refractivity contribution >= 4 is 12.0 Å². The second kappa shape index (κ2) is 10.1. The third-order valence-electron chi connectivity index (χ3n) is 4.40. The maximum Gasteiger partial charge on any atom is 0.411 e. The van der Waals surface area contributed by atoms with Gasteiger partial charge in [0.25, 0.3) is 5.91 Å². The Morgan fingerprint density at radius 3 is 2.42 bits per heavy atom. The minimum Gasteiger partial charge on any atom is -0.497 e. The molecule has 0 aliphatic carbocycles. The Morgan fingerprint density at radius 1 is 1.16 bits per heavy atom. The van der Waals surface area contributed by atoms with Gasteiger partial charge in [-0.2, -0.15) is 0 Å². The van der Waals surface area contributed by atoms with Crippen LogP contribution in [0, 0.1) is 0 Å². The average Bonchev–Trinajstić information content (AvgIpc) is 2.75. The van der Waals surface area contributed by atoms with Crippen LogP contribution in [0.2, 0.25) is 0 Å². The molecule has 0 aliphatic rings. The minimum atomic E-state index is -0.723. The fourth-order valence-corrected chi connectivity index (χ4v) is 2.89. The molecule has 10 heteroatoms. The highest BCUT2D eigenvalue weighted by Gasteiger charge is 2.31. The number of benzene rings is 1. The van der Waals surface area contributed by atoms with Gasteiger partial charge < -0.3 is 14.2 Å². The molecule has 0 saturated carbocycles. The molecular formula is C21H29N5O5. The highest BCUT2D eigenvalue weighted by atomic mass is 16.6. The molecule has 3 N–H and O–H groups in total. The van der Waals surface area contributed by atoms with E-state index in [1.165, 1.54) is 24.4 Å². The summed E-state index contributed by atoms with van der Waals surface area (Å²) in [6, 6.07) is 4.63. The van der Waals surface area contributed by atoms with Crippen molar-refractivity contribution in [3.63, 3.8) is 0 Å². The van der Waals surface area contributed by atoms with E-state index in [0.717, 1.165) is 5.56 Å². The lowest BCUT2D eigenvalue weighted by molar-refractivity contribution is 0.0146. The number of hydrogen-bond donors (Lipinski definition) is 2. The van der Waals surface area contributed by atoms with Gasteiger partial charge in [-0.25, -0.2) is 15.6 Å². The number of nitrogen functional groups attached to an aromatic ring is 1. The minimum absolute atomic E-state index is 0.0211. The van der Waals surface area contributed by atoms with Gasteiger partial charge in [0.2, 0.25) is 0 Å². The predicted octanol–water partition coefficient (Wildman–Crippen LogP) is 2.60. The Balaban J connectivity index is 2.50. The molecule has 168 valence electrons. The van der Waals surface area contributed by atoms with E-state index in [4.69, 9.17) is 20.1 Å². The third-order valence-corrected chi connectivity index (χ3v) is 4.40. The number of nitrogens with zero attached hydrogens (tertiary/aromatic N) is 3. The van der Waals surface area contributed by atoms with Gasteiger partial charge in [0.1, 0.15) is 17.1 Å². The van der Waals surface area contributed by atoms with Crippen LogP contribution < -0.4 is 20.7 Å². The summed E-state index contributed by atoms with van der Waals surface area (Å²) in [6.45, 7) is 7.19. The molecule has 2 aromatic rings. The molecule has 0 aliphatic heterocycles. The summed E-state index contributed by atoms with van der Waals surface area (Å²) in [5.41, 5.74) is 2.35. The second-order valence-electron chi connectivity index (χ2n) is 7.73. The highest BCUT2D eigenvalue weighted by molar-refractivity contribution is 5.93. The molecule has 0 saturated heterocycles. The van der Waals surface area contributed by atoms with Crippen molar-refractivity contribution < 1.29 is 23.8 Å². The van der Waals surface area contributed by atoms with Crippen LogP contribution in [0.4, 0.5) is 4.79 Å². The number of rotatable bonds is 7. The van der Waals surface area contributed by atoms with Crippen LogP contribution in [0.1, 0.15) is 55.5 Å². The first kappa shape index (κ1) is 23.9. The van der Waals surface area contributed by atoms with E-state index in [1.54, 1.807) is 53.0 Å². The molecule has 31 heavy (non-hydrogen) atoms. The molecule has 0 bridgehead atoms. The monoisotopic (exact) mass is 431 g/mol. The van der Waals surface area contributed by atoms with Crippen LogP contribution in [-0.2, 0) is 11.3 Å². The number of nitrogens with two attached hydrogens (primary N) is 1. The van der Waals surface area contributed by atoms with Gasteiger partial charge in [-0.05, 0) is 39.8 Å². The topological polar surface area (TPSA) is 129 Å². The van der Waals surface area contributed by atoms with Crippen LogP contribution in [0.5, 0.6) is 11.5 Å². The first-order chi connectivity index (χ1) is 14.6. The summed E-state index contributed by atoms with van der Waals surface area (Å²) in [5, 5.41) is 0. The lowest BCUT2D eigenvalue weighted by atomic mass is 10.1. The normalized spacial score (nSPS) is 12.0. The zero-order valence-corrected chi connectivity index (χ0v) is 18.6. The predicted molar refractivity (Wildman–Crippen MR) is 113 cm³/mol. The van der Waals surface area contributed by atoms with Crippen molar-refractivity contribution in [3.05, 3.63) is 47.5 Å².